The Morgan fingerprint density at radius 1 is 1.29 bits per heavy atom. The van der Waals surface area contributed by atoms with Gasteiger partial charge in [-0.15, -0.1) is 0 Å². The zero-order valence-electron chi connectivity index (χ0n) is 9.43. The van der Waals surface area contributed by atoms with Crippen LogP contribution in [0.2, 0.25) is 0 Å². The number of carbonyl (C=O) groups excluding carboxylic acids is 1. The van der Waals surface area contributed by atoms with Crippen LogP contribution in [0.1, 0.15) is 23.2 Å². The summed E-state index contributed by atoms with van der Waals surface area (Å²) in [6, 6.07) is 6.80. The van der Waals surface area contributed by atoms with Crippen LogP contribution in [-0.2, 0) is 10.0 Å². The Hall–Kier alpha value is -1.56. The molecule has 1 aliphatic rings. The minimum Gasteiger partial charge on any atom is -0.349 e. The second-order valence-corrected chi connectivity index (χ2v) is 5.92. The first-order valence-electron chi connectivity index (χ1n) is 5.33. The van der Waals surface area contributed by atoms with E-state index in [1.54, 1.807) is 24.3 Å². The molecular weight excluding hydrogens is 240 g/mol. The molecule has 1 saturated carbocycles. The summed E-state index contributed by atoms with van der Waals surface area (Å²) in [6.45, 7) is 0. The molecule has 0 atom stereocenters. The zero-order valence-corrected chi connectivity index (χ0v) is 10.3. The lowest BCUT2D eigenvalue weighted by atomic mass is 10.1. The molecule has 17 heavy (non-hydrogen) atoms. The fourth-order valence-corrected chi connectivity index (χ4v) is 2.04. The summed E-state index contributed by atoms with van der Waals surface area (Å²) in [5.41, 5.74) is 0.665. The molecule has 1 aromatic rings. The molecule has 2 rings (SSSR count). The second kappa shape index (κ2) is 4.37. The van der Waals surface area contributed by atoms with E-state index in [0.717, 1.165) is 19.1 Å². The van der Waals surface area contributed by atoms with E-state index in [9.17, 15) is 13.2 Å². The summed E-state index contributed by atoms with van der Waals surface area (Å²) in [5.74, 6) is -0.237. The van der Waals surface area contributed by atoms with Crippen molar-refractivity contribution in [2.45, 2.75) is 18.9 Å². The zero-order chi connectivity index (χ0) is 12.5. The van der Waals surface area contributed by atoms with Crippen molar-refractivity contribution in [1.82, 2.24) is 5.32 Å². The molecule has 6 heteroatoms. The molecule has 1 fully saturated rings. The predicted octanol–water partition coefficient (Wildman–Crippen LogP) is 0.950. The summed E-state index contributed by atoms with van der Waals surface area (Å²) in [6.07, 6.45) is 3.05. The Bertz CT molecular complexity index is 535. The maximum Gasteiger partial charge on any atom is 0.253 e. The quantitative estimate of drug-likeness (QED) is 0.840. The molecule has 0 heterocycles. The molecule has 0 aromatic heterocycles. The molecular formula is C11H14N2O3S. The molecule has 0 aliphatic heterocycles. The normalized spacial score (nSPS) is 15.4. The highest BCUT2D eigenvalue weighted by Crippen LogP contribution is 2.21. The van der Waals surface area contributed by atoms with Gasteiger partial charge in [0.1, 0.15) is 0 Å². The average Bonchev–Trinajstić information content (AvgIpc) is 3.00. The van der Waals surface area contributed by atoms with E-state index < -0.39 is 10.0 Å². The van der Waals surface area contributed by atoms with Crippen molar-refractivity contribution < 1.29 is 13.2 Å². The van der Waals surface area contributed by atoms with Crippen molar-refractivity contribution in [1.29, 1.82) is 0 Å². The van der Waals surface area contributed by atoms with Gasteiger partial charge in [0, 0.05) is 6.04 Å². The molecule has 1 aliphatic carbocycles. The Labute approximate surface area is 100 Å². The Balaban J connectivity index is 2.22. The molecule has 1 aromatic carbocycles. The topological polar surface area (TPSA) is 75.3 Å². The van der Waals surface area contributed by atoms with Crippen LogP contribution in [0, 0.1) is 0 Å². The third kappa shape index (κ3) is 3.45. The van der Waals surface area contributed by atoms with Gasteiger partial charge in [-0.05, 0) is 25.0 Å². The van der Waals surface area contributed by atoms with Crippen LogP contribution in [0.25, 0.3) is 0 Å². The Morgan fingerprint density at radius 3 is 2.53 bits per heavy atom. The van der Waals surface area contributed by atoms with Crippen molar-refractivity contribution in [3.63, 3.8) is 0 Å². The largest absolute Gasteiger partial charge is 0.349 e. The first-order chi connectivity index (χ1) is 7.96. The monoisotopic (exact) mass is 254 g/mol. The van der Waals surface area contributed by atoms with Gasteiger partial charge in [-0.3, -0.25) is 9.52 Å². The minimum atomic E-state index is -3.38. The maximum atomic E-state index is 11.9. The van der Waals surface area contributed by atoms with Gasteiger partial charge in [-0.25, -0.2) is 8.42 Å². The van der Waals surface area contributed by atoms with Crippen molar-refractivity contribution in [2.24, 2.45) is 0 Å². The summed E-state index contributed by atoms with van der Waals surface area (Å²) in [7, 11) is -3.38. The van der Waals surface area contributed by atoms with Gasteiger partial charge in [-0.1, -0.05) is 12.1 Å². The number of para-hydroxylation sites is 1. The van der Waals surface area contributed by atoms with Crippen molar-refractivity contribution in [3.8, 4) is 0 Å². The highest BCUT2D eigenvalue weighted by Gasteiger charge is 2.25. The number of amides is 1. The second-order valence-electron chi connectivity index (χ2n) is 4.17. The number of anilines is 1. The van der Waals surface area contributed by atoms with E-state index in [2.05, 4.69) is 10.0 Å². The summed E-state index contributed by atoms with van der Waals surface area (Å²) < 4.78 is 24.7. The van der Waals surface area contributed by atoms with Crippen molar-refractivity contribution in [2.75, 3.05) is 11.0 Å². The van der Waals surface area contributed by atoms with Crippen molar-refractivity contribution in [3.05, 3.63) is 29.8 Å². The maximum absolute atomic E-state index is 11.9. The average molecular weight is 254 g/mol. The lowest BCUT2D eigenvalue weighted by Crippen LogP contribution is -2.26. The number of hydrogen-bond acceptors (Lipinski definition) is 3. The smallest absolute Gasteiger partial charge is 0.253 e. The van der Waals surface area contributed by atoms with Crippen LogP contribution >= 0.6 is 0 Å². The SMILES string of the molecule is CS(=O)(=O)Nc1ccccc1C(=O)NC1CC1. The predicted molar refractivity (Wildman–Crippen MR) is 65.4 cm³/mol. The van der Waals surface area contributed by atoms with Gasteiger partial charge in [0.25, 0.3) is 5.91 Å². The van der Waals surface area contributed by atoms with Gasteiger partial charge in [0.2, 0.25) is 10.0 Å². The van der Waals surface area contributed by atoms with E-state index in [4.69, 9.17) is 0 Å². The molecule has 92 valence electrons. The Morgan fingerprint density at radius 2 is 1.94 bits per heavy atom. The van der Waals surface area contributed by atoms with E-state index in [-0.39, 0.29) is 11.9 Å². The van der Waals surface area contributed by atoms with Gasteiger partial charge < -0.3 is 5.32 Å². The van der Waals surface area contributed by atoms with Crippen LogP contribution in [0.4, 0.5) is 5.69 Å². The lowest BCUT2D eigenvalue weighted by Gasteiger charge is -2.10. The molecule has 1 amide bonds. The third-order valence-corrected chi connectivity index (χ3v) is 2.97. The van der Waals surface area contributed by atoms with Gasteiger partial charge >= 0.3 is 0 Å². The van der Waals surface area contributed by atoms with Crippen LogP contribution in [0.15, 0.2) is 24.3 Å². The fraction of sp³-hybridized carbons (Fsp3) is 0.364. The first-order valence-corrected chi connectivity index (χ1v) is 7.22. The number of benzene rings is 1. The van der Waals surface area contributed by atoms with Gasteiger partial charge in [0.05, 0.1) is 17.5 Å². The lowest BCUT2D eigenvalue weighted by molar-refractivity contribution is 0.0952. The van der Waals surface area contributed by atoms with Crippen LogP contribution in [-0.4, -0.2) is 26.6 Å². The number of nitrogens with one attached hydrogen (secondary N) is 2. The molecule has 0 radical (unpaired) electrons. The highest BCUT2D eigenvalue weighted by atomic mass is 32.2. The van der Waals surface area contributed by atoms with Gasteiger partial charge in [0.15, 0.2) is 0 Å². The van der Waals surface area contributed by atoms with Crippen LogP contribution < -0.4 is 10.0 Å². The summed E-state index contributed by atoms with van der Waals surface area (Å²) in [4.78, 5) is 11.9. The summed E-state index contributed by atoms with van der Waals surface area (Å²) >= 11 is 0. The van der Waals surface area contributed by atoms with Crippen molar-refractivity contribution >= 4 is 21.6 Å². The molecule has 0 unspecified atom stereocenters. The molecule has 0 spiro atoms. The van der Waals surface area contributed by atoms with E-state index >= 15 is 0 Å². The van der Waals surface area contributed by atoms with Crippen LogP contribution in [0.3, 0.4) is 0 Å². The highest BCUT2D eigenvalue weighted by molar-refractivity contribution is 7.92. The van der Waals surface area contributed by atoms with Gasteiger partial charge in [-0.2, -0.15) is 0 Å². The fourth-order valence-electron chi connectivity index (χ4n) is 1.46. The molecule has 0 bridgehead atoms. The van der Waals surface area contributed by atoms with E-state index in [0.29, 0.717) is 11.3 Å². The molecule has 0 saturated heterocycles. The third-order valence-electron chi connectivity index (χ3n) is 2.38. The number of sulfonamides is 1. The number of rotatable bonds is 4. The number of carbonyl (C=O) groups is 1. The number of hydrogen-bond donors (Lipinski definition) is 2. The standard InChI is InChI=1S/C11H14N2O3S/c1-17(15,16)13-10-5-3-2-4-9(10)11(14)12-8-6-7-8/h2-5,8,13H,6-7H2,1H3,(H,12,14). The van der Waals surface area contributed by atoms with E-state index in [1.165, 1.54) is 0 Å². The first kappa shape index (κ1) is 11.9. The van der Waals surface area contributed by atoms with E-state index in [1.807, 2.05) is 0 Å². The van der Waals surface area contributed by atoms with Crippen LogP contribution in [0.5, 0.6) is 0 Å². The minimum absolute atomic E-state index is 0.237. The molecule has 5 nitrogen and oxygen atoms in total. The summed E-state index contributed by atoms with van der Waals surface area (Å²) in [5, 5.41) is 2.82. The molecule has 2 N–H and O–H groups in total. The Kier molecular flexibility index (Phi) is 3.06.